The molecule has 0 aliphatic rings. The highest BCUT2D eigenvalue weighted by molar-refractivity contribution is 6.34. The van der Waals surface area contributed by atoms with E-state index in [1.807, 2.05) is 12.1 Å². The van der Waals surface area contributed by atoms with Crippen LogP contribution in [0.3, 0.4) is 0 Å². The van der Waals surface area contributed by atoms with Crippen molar-refractivity contribution in [2.24, 2.45) is 0 Å². The van der Waals surface area contributed by atoms with Gasteiger partial charge in [-0.15, -0.1) is 0 Å². The largest absolute Gasteiger partial charge is 0.456 e. The summed E-state index contributed by atoms with van der Waals surface area (Å²) in [5.74, 6) is 0.694. The molecule has 2 aromatic heterocycles. The summed E-state index contributed by atoms with van der Waals surface area (Å²) in [7, 11) is 0. The van der Waals surface area contributed by atoms with Gasteiger partial charge in [-0.05, 0) is 35.9 Å². The van der Waals surface area contributed by atoms with Gasteiger partial charge < -0.3 is 13.9 Å². The van der Waals surface area contributed by atoms with Crippen LogP contribution in [0.5, 0.6) is 0 Å². The third kappa shape index (κ3) is 1.90. The minimum Gasteiger partial charge on any atom is -0.456 e. The molecule has 0 saturated carbocycles. The maximum Gasteiger partial charge on any atom is 0.193 e. The predicted octanol–water partition coefficient (Wildman–Crippen LogP) is 4.41. The van der Waals surface area contributed by atoms with Crippen molar-refractivity contribution < 1.29 is 13.9 Å². The van der Waals surface area contributed by atoms with Crippen LogP contribution in [-0.4, -0.2) is 5.11 Å². The summed E-state index contributed by atoms with van der Waals surface area (Å²) in [6.45, 7) is 0. The second-order valence-electron chi connectivity index (χ2n) is 3.85. The van der Waals surface area contributed by atoms with Gasteiger partial charge in [0.15, 0.2) is 16.9 Å². The van der Waals surface area contributed by atoms with Crippen molar-refractivity contribution in [2.45, 2.75) is 6.10 Å². The van der Waals surface area contributed by atoms with Crippen molar-refractivity contribution in [1.82, 2.24) is 0 Å². The second-order valence-corrected chi connectivity index (χ2v) is 4.63. The van der Waals surface area contributed by atoms with Gasteiger partial charge in [0.05, 0.1) is 5.02 Å². The van der Waals surface area contributed by atoms with Gasteiger partial charge in [-0.2, -0.15) is 0 Å². The van der Waals surface area contributed by atoms with Crippen molar-refractivity contribution in [3.05, 3.63) is 58.2 Å². The molecule has 0 aliphatic carbocycles. The summed E-state index contributed by atoms with van der Waals surface area (Å²) in [5.41, 5.74) is 0.547. The number of rotatable bonds is 2. The van der Waals surface area contributed by atoms with E-state index in [2.05, 4.69) is 0 Å². The van der Waals surface area contributed by atoms with Crippen LogP contribution in [0.2, 0.25) is 10.2 Å². The molecule has 0 amide bonds. The highest BCUT2D eigenvalue weighted by Crippen LogP contribution is 2.32. The number of hydrogen-bond acceptors (Lipinski definition) is 3. The number of furan rings is 2. The minimum atomic E-state index is -0.999. The number of benzene rings is 1. The lowest BCUT2D eigenvalue weighted by Crippen LogP contribution is -1.95. The third-order valence-electron chi connectivity index (χ3n) is 2.65. The molecule has 1 N–H and O–H groups in total. The highest BCUT2D eigenvalue weighted by atomic mass is 35.5. The number of hydrogen-bond donors (Lipinski definition) is 1. The predicted molar refractivity (Wildman–Crippen MR) is 69.0 cm³/mol. The van der Waals surface area contributed by atoms with Crippen molar-refractivity contribution in [3.63, 3.8) is 0 Å². The van der Waals surface area contributed by atoms with Crippen molar-refractivity contribution in [3.8, 4) is 0 Å². The van der Waals surface area contributed by atoms with Gasteiger partial charge in [0, 0.05) is 5.39 Å². The van der Waals surface area contributed by atoms with E-state index in [0.717, 1.165) is 5.39 Å². The first-order chi connectivity index (χ1) is 8.65. The Morgan fingerprint density at radius 2 is 1.83 bits per heavy atom. The fourth-order valence-electron chi connectivity index (χ4n) is 1.80. The monoisotopic (exact) mass is 282 g/mol. The van der Waals surface area contributed by atoms with Crippen molar-refractivity contribution >= 4 is 34.2 Å². The Bertz CT molecular complexity index is 699. The summed E-state index contributed by atoms with van der Waals surface area (Å²) in [4.78, 5) is 0. The smallest absolute Gasteiger partial charge is 0.193 e. The molecule has 18 heavy (non-hydrogen) atoms. The van der Waals surface area contributed by atoms with Crippen LogP contribution < -0.4 is 0 Å². The quantitative estimate of drug-likeness (QED) is 0.757. The molecule has 5 heteroatoms. The zero-order chi connectivity index (χ0) is 12.7. The third-order valence-corrected chi connectivity index (χ3v) is 3.15. The topological polar surface area (TPSA) is 46.5 Å². The molecule has 1 unspecified atom stereocenters. The first-order valence-electron chi connectivity index (χ1n) is 5.26. The SMILES string of the molecule is OC(c1ccc(Cl)o1)c1cc2cccc(Cl)c2o1. The van der Waals surface area contributed by atoms with Gasteiger partial charge in [-0.25, -0.2) is 0 Å². The Balaban J connectivity index is 2.06. The van der Waals surface area contributed by atoms with Crippen LogP contribution in [0.1, 0.15) is 17.6 Å². The van der Waals surface area contributed by atoms with Gasteiger partial charge in [-0.3, -0.25) is 0 Å². The van der Waals surface area contributed by atoms with Gasteiger partial charge in [0.1, 0.15) is 11.5 Å². The number of aliphatic hydroxyl groups excluding tert-OH is 1. The molecule has 3 rings (SSSR count). The van der Waals surface area contributed by atoms with Crippen LogP contribution in [0, 0.1) is 0 Å². The Kier molecular flexibility index (Phi) is 2.82. The molecule has 1 atom stereocenters. The van der Waals surface area contributed by atoms with Gasteiger partial charge in [0.2, 0.25) is 0 Å². The molecule has 0 spiro atoms. The first-order valence-corrected chi connectivity index (χ1v) is 6.02. The lowest BCUT2D eigenvalue weighted by molar-refractivity contribution is 0.165. The van der Waals surface area contributed by atoms with E-state index >= 15 is 0 Å². The standard InChI is InChI=1S/C13H8Cl2O3/c14-8-3-1-2-7-6-10(18-13(7)8)12(16)9-4-5-11(15)17-9/h1-6,12,16H. The van der Waals surface area contributed by atoms with Crippen LogP contribution in [-0.2, 0) is 0 Å². The van der Waals surface area contributed by atoms with E-state index in [0.29, 0.717) is 22.1 Å². The molecule has 0 bridgehead atoms. The Labute approximate surface area is 113 Å². The molecule has 3 nitrogen and oxygen atoms in total. The molecule has 0 aliphatic heterocycles. The zero-order valence-electron chi connectivity index (χ0n) is 9.06. The molecule has 0 saturated heterocycles. The molecular weight excluding hydrogens is 275 g/mol. The summed E-state index contributed by atoms with van der Waals surface area (Å²) in [6.07, 6.45) is -0.999. The normalized spacial score (nSPS) is 13.1. The van der Waals surface area contributed by atoms with Gasteiger partial charge in [0.25, 0.3) is 0 Å². The fourth-order valence-corrected chi connectivity index (χ4v) is 2.17. The molecule has 2 heterocycles. The number of para-hydroxylation sites is 1. The maximum absolute atomic E-state index is 10.1. The van der Waals surface area contributed by atoms with Crippen LogP contribution in [0.25, 0.3) is 11.0 Å². The Morgan fingerprint density at radius 3 is 2.50 bits per heavy atom. The maximum atomic E-state index is 10.1. The molecule has 1 aromatic carbocycles. The number of halogens is 2. The van der Waals surface area contributed by atoms with Crippen molar-refractivity contribution in [2.75, 3.05) is 0 Å². The lowest BCUT2D eigenvalue weighted by atomic mass is 10.2. The molecule has 3 aromatic rings. The lowest BCUT2D eigenvalue weighted by Gasteiger charge is -2.02. The van der Waals surface area contributed by atoms with Gasteiger partial charge in [-0.1, -0.05) is 23.7 Å². The first kappa shape index (κ1) is 11.7. The van der Waals surface area contributed by atoms with E-state index in [9.17, 15) is 5.11 Å². The fraction of sp³-hybridized carbons (Fsp3) is 0.0769. The van der Waals surface area contributed by atoms with E-state index < -0.39 is 6.10 Å². The van der Waals surface area contributed by atoms with Gasteiger partial charge >= 0.3 is 0 Å². The van der Waals surface area contributed by atoms with E-state index in [4.69, 9.17) is 32.0 Å². The van der Waals surface area contributed by atoms with Crippen LogP contribution >= 0.6 is 23.2 Å². The molecule has 0 fully saturated rings. The minimum absolute atomic E-state index is 0.221. The summed E-state index contributed by atoms with van der Waals surface area (Å²) < 4.78 is 10.7. The van der Waals surface area contributed by atoms with Crippen molar-refractivity contribution in [1.29, 1.82) is 0 Å². The summed E-state index contributed by atoms with van der Waals surface area (Å²) in [5, 5.41) is 11.7. The van der Waals surface area contributed by atoms with E-state index in [1.54, 1.807) is 24.3 Å². The zero-order valence-corrected chi connectivity index (χ0v) is 10.6. The average Bonchev–Trinajstić information content (AvgIpc) is 2.95. The van der Waals surface area contributed by atoms with Crippen LogP contribution in [0.4, 0.5) is 0 Å². The molecule has 92 valence electrons. The molecular formula is C13H8Cl2O3. The number of fused-ring (bicyclic) bond motifs is 1. The van der Waals surface area contributed by atoms with Crippen LogP contribution in [0.15, 0.2) is 45.2 Å². The highest BCUT2D eigenvalue weighted by Gasteiger charge is 2.19. The average molecular weight is 283 g/mol. The summed E-state index contributed by atoms with van der Waals surface area (Å²) >= 11 is 11.7. The van der Waals surface area contributed by atoms with E-state index in [1.165, 1.54) is 0 Å². The number of aliphatic hydroxyl groups is 1. The molecule has 0 radical (unpaired) electrons. The Hall–Kier alpha value is -1.42. The Morgan fingerprint density at radius 1 is 1.00 bits per heavy atom. The summed E-state index contributed by atoms with van der Waals surface area (Å²) in [6, 6.07) is 10.3. The second kappa shape index (κ2) is 4.35. The van der Waals surface area contributed by atoms with E-state index in [-0.39, 0.29) is 5.22 Å².